The number of likely N-dealkylation sites (N-methyl/N-ethyl adjacent to an activating group) is 1. The Hall–Kier alpha value is -2.83. The van der Waals surface area contributed by atoms with E-state index in [9.17, 15) is 14.4 Å². The Kier molecular flexibility index (Phi) is 4.45. The molecule has 0 radical (unpaired) electrons. The van der Waals surface area contributed by atoms with Gasteiger partial charge in [-0.1, -0.05) is 6.07 Å². The highest BCUT2D eigenvalue weighted by molar-refractivity contribution is 6.02. The third-order valence-electron chi connectivity index (χ3n) is 3.31. The SMILES string of the molecule is COC(=O)/C=C(/Nc1ccc2c(c1)N(C)C(=O)C2)C(=O)OC. The predicted molar refractivity (Wildman–Crippen MR) is 79.3 cm³/mol. The Balaban J connectivity index is 2.28. The maximum Gasteiger partial charge on any atom is 0.354 e. The van der Waals surface area contributed by atoms with Gasteiger partial charge >= 0.3 is 11.9 Å². The number of nitrogens with one attached hydrogen (secondary N) is 1. The molecule has 7 heteroatoms. The van der Waals surface area contributed by atoms with E-state index in [1.165, 1.54) is 14.2 Å². The van der Waals surface area contributed by atoms with E-state index in [2.05, 4.69) is 14.8 Å². The largest absolute Gasteiger partial charge is 0.466 e. The number of nitrogens with zero attached hydrogens (tertiary/aromatic N) is 1. The number of ether oxygens (including phenoxy) is 2. The predicted octanol–water partition coefficient (Wildman–Crippen LogP) is 0.847. The minimum absolute atomic E-state index is 0.00504. The van der Waals surface area contributed by atoms with Gasteiger partial charge in [0, 0.05) is 18.4 Å². The van der Waals surface area contributed by atoms with Crippen molar-refractivity contribution in [3.8, 4) is 0 Å². The van der Waals surface area contributed by atoms with Gasteiger partial charge in [-0.2, -0.15) is 0 Å². The van der Waals surface area contributed by atoms with Gasteiger partial charge in [-0.25, -0.2) is 9.59 Å². The normalized spacial score (nSPS) is 13.7. The van der Waals surface area contributed by atoms with Gasteiger partial charge in [-0.3, -0.25) is 4.79 Å². The number of hydrogen-bond donors (Lipinski definition) is 1. The van der Waals surface area contributed by atoms with Crippen molar-refractivity contribution in [3.05, 3.63) is 35.5 Å². The molecule has 1 amide bonds. The number of fused-ring (bicyclic) bond motifs is 1. The molecular weight excluding hydrogens is 288 g/mol. The number of methoxy groups -OCH3 is 2. The van der Waals surface area contributed by atoms with Gasteiger partial charge < -0.3 is 19.7 Å². The average Bonchev–Trinajstić information content (AvgIpc) is 2.80. The molecule has 0 aliphatic carbocycles. The van der Waals surface area contributed by atoms with Gasteiger partial charge in [0.15, 0.2) is 0 Å². The first kappa shape index (κ1) is 15.6. The van der Waals surface area contributed by atoms with Crippen molar-refractivity contribution in [2.75, 3.05) is 31.5 Å². The van der Waals surface area contributed by atoms with E-state index < -0.39 is 11.9 Å². The summed E-state index contributed by atoms with van der Waals surface area (Å²) in [5, 5.41) is 2.81. The summed E-state index contributed by atoms with van der Waals surface area (Å²) in [6.07, 6.45) is 1.36. The number of rotatable bonds is 4. The Bertz CT molecular complexity index is 666. The van der Waals surface area contributed by atoms with E-state index in [-0.39, 0.29) is 11.6 Å². The van der Waals surface area contributed by atoms with Crippen LogP contribution in [0.4, 0.5) is 11.4 Å². The number of esters is 2. The number of carbonyl (C=O) groups excluding carboxylic acids is 3. The zero-order valence-corrected chi connectivity index (χ0v) is 12.5. The van der Waals surface area contributed by atoms with Crippen LogP contribution in [0.2, 0.25) is 0 Å². The first-order valence-electron chi connectivity index (χ1n) is 6.50. The fourth-order valence-corrected chi connectivity index (χ4v) is 2.11. The lowest BCUT2D eigenvalue weighted by atomic mass is 10.1. The molecule has 1 heterocycles. The molecule has 22 heavy (non-hydrogen) atoms. The second-order valence-corrected chi connectivity index (χ2v) is 4.67. The summed E-state index contributed by atoms with van der Waals surface area (Å²) in [6.45, 7) is 0. The van der Waals surface area contributed by atoms with Crippen molar-refractivity contribution < 1.29 is 23.9 Å². The molecule has 0 fully saturated rings. The molecule has 0 saturated heterocycles. The van der Waals surface area contributed by atoms with Gasteiger partial charge in [0.05, 0.1) is 26.7 Å². The summed E-state index contributed by atoms with van der Waals surface area (Å²) in [5.74, 6) is -1.37. The fraction of sp³-hybridized carbons (Fsp3) is 0.267. The van der Waals surface area contributed by atoms with Crippen LogP contribution in [-0.4, -0.2) is 39.1 Å². The number of carbonyl (C=O) groups is 3. The first-order chi connectivity index (χ1) is 10.5. The molecule has 0 unspecified atom stereocenters. The number of amides is 1. The standard InChI is InChI=1S/C15H16N2O5/c1-17-12-7-10(5-4-9(12)6-13(17)18)16-11(15(20)22-3)8-14(19)21-2/h4-5,7-8,16H,6H2,1-3H3/b11-8+. The zero-order chi connectivity index (χ0) is 16.3. The van der Waals surface area contributed by atoms with Crippen LogP contribution >= 0.6 is 0 Å². The summed E-state index contributed by atoms with van der Waals surface area (Å²) >= 11 is 0. The van der Waals surface area contributed by atoms with E-state index in [1.807, 2.05) is 0 Å². The lowest BCUT2D eigenvalue weighted by Crippen LogP contribution is -2.20. The van der Waals surface area contributed by atoms with Gasteiger partial charge in [0.2, 0.25) is 5.91 Å². The molecule has 116 valence electrons. The summed E-state index contributed by atoms with van der Waals surface area (Å²) in [5.41, 5.74) is 2.18. The van der Waals surface area contributed by atoms with Crippen LogP contribution in [0.5, 0.6) is 0 Å². The molecule has 0 aromatic heterocycles. The van der Waals surface area contributed by atoms with Crippen LogP contribution in [0.1, 0.15) is 5.56 Å². The lowest BCUT2D eigenvalue weighted by molar-refractivity contribution is -0.138. The molecule has 1 aromatic rings. The average molecular weight is 304 g/mol. The summed E-state index contributed by atoms with van der Waals surface area (Å²) in [4.78, 5) is 36.2. The maximum atomic E-state index is 11.7. The molecule has 0 saturated carbocycles. The Morgan fingerprint density at radius 3 is 2.64 bits per heavy atom. The molecule has 0 spiro atoms. The van der Waals surface area contributed by atoms with Crippen molar-refractivity contribution in [2.45, 2.75) is 6.42 Å². The number of hydrogen-bond acceptors (Lipinski definition) is 6. The topological polar surface area (TPSA) is 84.9 Å². The fourth-order valence-electron chi connectivity index (χ4n) is 2.11. The van der Waals surface area contributed by atoms with Crippen LogP contribution in [0.25, 0.3) is 0 Å². The quantitative estimate of drug-likeness (QED) is 0.655. The van der Waals surface area contributed by atoms with E-state index in [0.29, 0.717) is 12.1 Å². The van der Waals surface area contributed by atoms with E-state index >= 15 is 0 Å². The van der Waals surface area contributed by atoms with Gasteiger partial charge in [0.25, 0.3) is 0 Å². The van der Waals surface area contributed by atoms with Crippen LogP contribution in [0.15, 0.2) is 30.0 Å². The monoisotopic (exact) mass is 304 g/mol. The van der Waals surface area contributed by atoms with E-state index in [0.717, 1.165) is 17.3 Å². The zero-order valence-electron chi connectivity index (χ0n) is 12.5. The molecule has 7 nitrogen and oxygen atoms in total. The molecule has 2 rings (SSSR count). The third kappa shape index (κ3) is 3.08. The van der Waals surface area contributed by atoms with Crippen LogP contribution < -0.4 is 10.2 Å². The lowest BCUT2D eigenvalue weighted by Gasteiger charge is -2.13. The Morgan fingerprint density at radius 1 is 1.27 bits per heavy atom. The van der Waals surface area contributed by atoms with Gasteiger partial charge in [0.1, 0.15) is 5.70 Å². The van der Waals surface area contributed by atoms with E-state index in [1.54, 1.807) is 30.1 Å². The van der Waals surface area contributed by atoms with Crippen LogP contribution in [0.3, 0.4) is 0 Å². The third-order valence-corrected chi connectivity index (χ3v) is 3.31. The number of benzene rings is 1. The summed E-state index contributed by atoms with van der Waals surface area (Å²) < 4.78 is 9.12. The molecule has 0 bridgehead atoms. The maximum absolute atomic E-state index is 11.7. The van der Waals surface area contributed by atoms with Crippen molar-refractivity contribution in [1.29, 1.82) is 0 Å². The van der Waals surface area contributed by atoms with Gasteiger partial charge in [-0.05, 0) is 17.7 Å². The van der Waals surface area contributed by atoms with Crippen molar-refractivity contribution in [1.82, 2.24) is 0 Å². The minimum atomic E-state index is -0.699. The van der Waals surface area contributed by atoms with Gasteiger partial charge in [-0.15, -0.1) is 0 Å². The van der Waals surface area contributed by atoms with Crippen molar-refractivity contribution in [3.63, 3.8) is 0 Å². The second-order valence-electron chi connectivity index (χ2n) is 4.67. The van der Waals surface area contributed by atoms with Crippen molar-refractivity contribution in [2.24, 2.45) is 0 Å². The Labute approximate surface area is 127 Å². The molecular formula is C15H16N2O5. The number of anilines is 2. The first-order valence-corrected chi connectivity index (χ1v) is 6.50. The highest BCUT2D eigenvalue weighted by Crippen LogP contribution is 2.30. The smallest absolute Gasteiger partial charge is 0.354 e. The molecule has 0 atom stereocenters. The summed E-state index contributed by atoms with van der Waals surface area (Å²) in [6, 6.07) is 5.25. The second kappa shape index (κ2) is 6.30. The van der Waals surface area contributed by atoms with Crippen LogP contribution in [0, 0.1) is 0 Å². The molecule has 1 aliphatic heterocycles. The van der Waals surface area contributed by atoms with Crippen molar-refractivity contribution >= 4 is 29.2 Å². The highest BCUT2D eigenvalue weighted by atomic mass is 16.5. The minimum Gasteiger partial charge on any atom is -0.466 e. The molecule has 1 aromatic carbocycles. The Morgan fingerprint density at radius 2 is 2.00 bits per heavy atom. The molecule has 1 N–H and O–H groups in total. The van der Waals surface area contributed by atoms with Crippen LogP contribution in [-0.2, 0) is 30.3 Å². The summed E-state index contributed by atoms with van der Waals surface area (Å²) in [7, 11) is 4.11. The van der Waals surface area contributed by atoms with E-state index in [4.69, 9.17) is 0 Å². The highest BCUT2D eigenvalue weighted by Gasteiger charge is 2.24. The molecule has 1 aliphatic rings.